The van der Waals surface area contributed by atoms with Gasteiger partial charge in [0, 0.05) is 17.5 Å². The van der Waals surface area contributed by atoms with E-state index in [1.807, 2.05) is 11.3 Å². The average molecular weight is 252 g/mol. The van der Waals surface area contributed by atoms with Crippen LogP contribution in [0.1, 0.15) is 37.1 Å². The fourth-order valence-corrected chi connectivity index (χ4v) is 3.59. The van der Waals surface area contributed by atoms with Gasteiger partial charge in [-0.25, -0.2) is 0 Å². The van der Waals surface area contributed by atoms with Crippen LogP contribution in [0.3, 0.4) is 0 Å². The summed E-state index contributed by atoms with van der Waals surface area (Å²) >= 11 is 1.89. The van der Waals surface area contributed by atoms with Crippen LogP contribution >= 0.6 is 11.3 Å². The Bertz CT molecular complexity index is 335. The van der Waals surface area contributed by atoms with Gasteiger partial charge in [-0.05, 0) is 62.2 Å². The maximum absolute atomic E-state index is 3.64. The molecule has 2 nitrogen and oxygen atoms in total. The van der Waals surface area contributed by atoms with Crippen molar-refractivity contribution in [1.82, 2.24) is 10.6 Å². The van der Waals surface area contributed by atoms with E-state index >= 15 is 0 Å². The summed E-state index contributed by atoms with van der Waals surface area (Å²) in [6, 6.07) is 2.96. The van der Waals surface area contributed by atoms with E-state index in [4.69, 9.17) is 0 Å². The standard InChI is InChI=1S/C14H24N2S/c1-3-13-5-7-17-14(13)10-15-9-12-4-6-16-11(2)8-12/h5,7,11-12,15-16H,3-4,6,8-10H2,1-2H3. The second kappa shape index (κ2) is 6.53. The molecule has 0 saturated carbocycles. The summed E-state index contributed by atoms with van der Waals surface area (Å²) in [5, 5.41) is 9.35. The number of nitrogens with one attached hydrogen (secondary N) is 2. The summed E-state index contributed by atoms with van der Waals surface area (Å²) in [4.78, 5) is 1.52. The molecule has 1 aliphatic heterocycles. The molecule has 1 aliphatic rings. The van der Waals surface area contributed by atoms with Crippen LogP contribution < -0.4 is 10.6 Å². The normalized spacial score (nSPS) is 25.1. The zero-order chi connectivity index (χ0) is 12.1. The smallest absolute Gasteiger partial charge is 0.0302 e. The first-order valence-electron chi connectivity index (χ1n) is 6.79. The SMILES string of the molecule is CCc1ccsc1CNCC1CCNC(C)C1. The lowest BCUT2D eigenvalue weighted by atomic mass is 9.93. The average Bonchev–Trinajstić information content (AvgIpc) is 2.77. The topological polar surface area (TPSA) is 24.1 Å². The fourth-order valence-electron chi connectivity index (χ4n) is 2.65. The summed E-state index contributed by atoms with van der Waals surface area (Å²) in [6.45, 7) is 7.94. The molecule has 3 heteroatoms. The minimum atomic E-state index is 0.698. The van der Waals surface area contributed by atoms with Gasteiger partial charge in [-0.1, -0.05) is 6.92 Å². The van der Waals surface area contributed by atoms with Gasteiger partial charge in [0.2, 0.25) is 0 Å². The van der Waals surface area contributed by atoms with E-state index in [-0.39, 0.29) is 0 Å². The third kappa shape index (κ3) is 3.80. The predicted molar refractivity (Wildman–Crippen MR) is 75.6 cm³/mol. The van der Waals surface area contributed by atoms with Crippen molar-refractivity contribution in [3.05, 3.63) is 21.9 Å². The summed E-state index contributed by atoms with van der Waals surface area (Å²) in [5.74, 6) is 0.858. The molecule has 0 aromatic carbocycles. The van der Waals surface area contributed by atoms with Crippen molar-refractivity contribution >= 4 is 11.3 Å². The van der Waals surface area contributed by atoms with Gasteiger partial charge in [0.15, 0.2) is 0 Å². The molecule has 1 aromatic heterocycles. The maximum atomic E-state index is 3.64. The molecule has 0 radical (unpaired) electrons. The zero-order valence-corrected chi connectivity index (χ0v) is 11.8. The Hall–Kier alpha value is -0.380. The first-order chi connectivity index (χ1) is 8.29. The highest BCUT2D eigenvalue weighted by Gasteiger charge is 2.17. The van der Waals surface area contributed by atoms with Gasteiger partial charge in [-0.2, -0.15) is 0 Å². The first-order valence-corrected chi connectivity index (χ1v) is 7.67. The highest BCUT2D eigenvalue weighted by atomic mass is 32.1. The lowest BCUT2D eigenvalue weighted by Crippen LogP contribution is -2.39. The van der Waals surface area contributed by atoms with Crippen molar-refractivity contribution < 1.29 is 0 Å². The van der Waals surface area contributed by atoms with E-state index in [1.54, 1.807) is 0 Å². The van der Waals surface area contributed by atoms with Gasteiger partial charge in [-0.3, -0.25) is 0 Å². The summed E-state index contributed by atoms with van der Waals surface area (Å²) < 4.78 is 0. The Morgan fingerprint density at radius 1 is 1.53 bits per heavy atom. The van der Waals surface area contributed by atoms with E-state index in [1.165, 1.54) is 36.4 Å². The van der Waals surface area contributed by atoms with Crippen LogP contribution in [0.25, 0.3) is 0 Å². The van der Waals surface area contributed by atoms with Gasteiger partial charge >= 0.3 is 0 Å². The molecule has 2 heterocycles. The molecular formula is C14H24N2S. The number of hydrogen-bond acceptors (Lipinski definition) is 3. The van der Waals surface area contributed by atoms with Crippen LogP contribution in [0.5, 0.6) is 0 Å². The van der Waals surface area contributed by atoms with Crippen LogP contribution in [-0.4, -0.2) is 19.1 Å². The molecular weight excluding hydrogens is 228 g/mol. The molecule has 2 rings (SSSR count). The monoisotopic (exact) mass is 252 g/mol. The summed E-state index contributed by atoms with van der Waals surface area (Å²) in [6.07, 6.45) is 3.80. The molecule has 17 heavy (non-hydrogen) atoms. The highest BCUT2D eigenvalue weighted by Crippen LogP contribution is 2.18. The molecule has 1 aromatic rings. The molecule has 0 spiro atoms. The van der Waals surface area contributed by atoms with Crippen molar-refractivity contribution in [3.63, 3.8) is 0 Å². The van der Waals surface area contributed by atoms with Crippen molar-refractivity contribution in [2.75, 3.05) is 13.1 Å². The fraction of sp³-hybridized carbons (Fsp3) is 0.714. The summed E-state index contributed by atoms with van der Waals surface area (Å²) in [5.41, 5.74) is 1.51. The Labute approximate surface area is 109 Å². The number of aryl methyl sites for hydroxylation is 1. The number of piperidine rings is 1. The van der Waals surface area contributed by atoms with Gasteiger partial charge in [-0.15, -0.1) is 11.3 Å². The van der Waals surface area contributed by atoms with Crippen molar-refractivity contribution in [2.24, 2.45) is 5.92 Å². The second-order valence-electron chi connectivity index (χ2n) is 5.10. The van der Waals surface area contributed by atoms with E-state index in [9.17, 15) is 0 Å². The molecule has 0 aliphatic carbocycles. The highest BCUT2D eigenvalue weighted by molar-refractivity contribution is 7.10. The summed E-state index contributed by atoms with van der Waals surface area (Å²) in [7, 11) is 0. The second-order valence-corrected chi connectivity index (χ2v) is 6.10. The molecule has 2 unspecified atom stereocenters. The minimum absolute atomic E-state index is 0.698. The van der Waals surface area contributed by atoms with Crippen LogP contribution in [0.4, 0.5) is 0 Å². The number of hydrogen-bond donors (Lipinski definition) is 2. The molecule has 0 bridgehead atoms. The third-order valence-corrected chi connectivity index (χ3v) is 4.63. The van der Waals surface area contributed by atoms with Gasteiger partial charge in [0.1, 0.15) is 0 Å². The minimum Gasteiger partial charge on any atom is -0.314 e. The van der Waals surface area contributed by atoms with E-state index in [2.05, 4.69) is 35.9 Å². The number of thiophene rings is 1. The lowest BCUT2D eigenvalue weighted by Gasteiger charge is -2.28. The molecule has 2 N–H and O–H groups in total. The van der Waals surface area contributed by atoms with Crippen LogP contribution in [0.15, 0.2) is 11.4 Å². The Morgan fingerprint density at radius 2 is 2.41 bits per heavy atom. The third-order valence-electron chi connectivity index (χ3n) is 3.67. The van der Waals surface area contributed by atoms with Crippen molar-refractivity contribution in [3.8, 4) is 0 Å². The number of rotatable bonds is 5. The maximum Gasteiger partial charge on any atom is 0.0302 e. The van der Waals surface area contributed by atoms with Crippen molar-refractivity contribution in [1.29, 1.82) is 0 Å². The Balaban J connectivity index is 1.72. The first kappa shape index (κ1) is 13.1. The predicted octanol–water partition coefficient (Wildman–Crippen LogP) is 2.79. The van der Waals surface area contributed by atoms with Gasteiger partial charge in [0.25, 0.3) is 0 Å². The quantitative estimate of drug-likeness (QED) is 0.842. The lowest BCUT2D eigenvalue weighted by molar-refractivity contribution is 0.304. The molecule has 1 saturated heterocycles. The molecule has 96 valence electrons. The van der Waals surface area contributed by atoms with Crippen LogP contribution in [0, 0.1) is 5.92 Å². The zero-order valence-electron chi connectivity index (χ0n) is 11.0. The van der Waals surface area contributed by atoms with Crippen LogP contribution in [-0.2, 0) is 13.0 Å². The Kier molecular flexibility index (Phi) is 5.01. The Morgan fingerprint density at radius 3 is 3.18 bits per heavy atom. The van der Waals surface area contributed by atoms with Gasteiger partial charge in [0.05, 0.1) is 0 Å². The van der Waals surface area contributed by atoms with E-state index in [0.717, 1.165) is 18.9 Å². The van der Waals surface area contributed by atoms with E-state index < -0.39 is 0 Å². The molecule has 2 atom stereocenters. The largest absolute Gasteiger partial charge is 0.314 e. The van der Waals surface area contributed by atoms with Gasteiger partial charge < -0.3 is 10.6 Å². The van der Waals surface area contributed by atoms with E-state index in [0.29, 0.717) is 6.04 Å². The van der Waals surface area contributed by atoms with Crippen molar-refractivity contribution in [2.45, 2.75) is 45.7 Å². The molecule has 0 amide bonds. The molecule has 1 fully saturated rings. The van der Waals surface area contributed by atoms with Crippen LogP contribution in [0.2, 0.25) is 0 Å².